The van der Waals surface area contributed by atoms with Gasteiger partial charge in [-0.25, -0.2) is 8.42 Å². The Bertz CT molecular complexity index is 1160. The Morgan fingerprint density at radius 3 is 2.15 bits per heavy atom. The first kappa shape index (κ1) is 24.8. The number of methoxy groups -OCH3 is 1. The van der Waals surface area contributed by atoms with E-state index in [0.29, 0.717) is 18.0 Å². The molecule has 1 amide bonds. The minimum atomic E-state index is -3.91. The summed E-state index contributed by atoms with van der Waals surface area (Å²) in [6.07, 6.45) is 0.623. The van der Waals surface area contributed by atoms with Crippen molar-refractivity contribution < 1.29 is 17.9 Å². The van der Waals surface area contributed by atoms with Gasteiger partial charge in [0, 0.05) is 18.1 Å². The van der Waals surface area contributed by atoms with E-state index >= 15 is 0 Å². The van der Waals surface area contributed by atoms with E-state index in [4.69, 9.17) is 16.3 Å². The van der Waals surface area contributed by atoms with Crippen LogP contribution in [0, 0.1) is 6.92 Å². The van der Waals surface area contributed by atoms with Gasteiger partial charge in [0.1, 0.15) is 5.75 Å². The van der Waals surface area contributed by atoms with Gasteiger partial charge in [0.15, 0.2) is 0 Å². The second-order valence-electron chi connectivity index (χ2n) is 7.66. The first-order valence-electron chi connectivity index (χ1n) is 10.5. The molecule has 33 heavy (non-hydrogen) atoms. The van der Waals surface area contributed by atoms with Crippen molar-refractivity contribution in [2.24, 2.45) is 0 Å². The van der Waals surface area contributed by atoms with Crippen LogP contribution in [0.2, 0.25) is 5.02 Å². The van der Waals surface area contributed by atoms with Crippen LogP contribution in [0.25, 0.3) is 0 Å². The van der Waals surface area contributed by atoms with Gasteiger partial charge in [0.2, 0.25) is 15.9 Å². The van der Waals surface area contributed by atoms with Crippen LogP contribution in [0.3, 0.4) is 0 Å². The highest BCUT2D eigenvalue weighted by Crippen LogP contribution is 2.21. The van der Waals surface area contributed by atoms with E-state index in [1.807, 2.05) is 55.5 Å². The predicted octanol–water partition coefficient (Wildman–Crippen LogP) is 4.21. The van der Waals surface area contributed by atoms with E-state index in [-0.39, 0.29) is 23.9 Å². The lowest BCUT2D eigenvalue weighted by molar-refractivity contribution is -0.121. The molecule has 0 saturated heterocycles. The monoisotopic (exact) mass is 486 g/mol. The quantitative estimate of drug-likeness (QED) is 0.466. The number of amides is 1. The summed E-state index contributed by atoms with van der Waals surface area (Å²) in [5.41, 5.74) is 2.91. The summed E-state index contributed by atoms with van der Waals surface area (Å²) in [6, 6.07) is 21.1. The minimum absolute atomic E-state index is 0.0805. The molecule has 0 aliphatic heterocycles. The Morgan fingerprint density at radius 2 is 1.55 bits per heavy atom. The molecule has 8 heteroatoms. The molecule has 0 unspecified atom stereocenters. The number of aryl methyl sites for hydroxylation is 1. The zero-order valence-corrected chi connectivity index (χ0v) is 20.2. The molecule has 174 valence electrons. The molecule has 0 fully saturated rings. The number of hydrogen-bond donors (Lipinski definition) is 1. The van der Waals surface area contributed by atoms with Crippen LogP contribution in [0.5, 0.6) is 5.75 Å². The van der Waals surface area contributed by atoms with Gasteiger partial charge in [-0.3, -0.25) is 4.79 Å². The third-order valence-electron chi connectivity index (χ3n) is 5.15. The highest BCUT2D eigenvalue weighted by molar-refractivity contribution is 7.89. The number of benzene rings is 3. The van der Waals surface area contributed by atoms with Gasteiger partial charge in [-0.05, 0) is 60.9 Å². The van der Waals surface area contributed by atoms with E-state index in [1.54, 1.807) is 7.11 Å². The van der Waals surface area contributed by atoms with E-state index in [1.165, 1.54) is 28.6 Å². The normalized spacial score (nSPS) is 11.4. The highest BCUT2D eigenvalue weighted by Gasteiger charge is 2.27. The number of carbonyl (C=O) groups excluding carboxylic acids is 1. The fraction of sp³-hybridized carbons (Fsp3) is 0.240. The van der Waals surface area contributed by atoms with E-state index in [2.05, 4.69) is 5.32 Å². The van der Waals surface area contributed by atoms with Crippen LogP contribution < -0.4 is 10.1 Å². The third kappa shape index (κ3) is 7.05. The average molecular weight is 487 g/mol. The second kappa shape index (κ2) is 11.3. The molecule has 0 atom stereocenters. The van der Waals surface area contributed by atoms with E-state index < -0.39 is 10.0 Å². The largest absolute Gasteiger partial charge is 0.497 e. The lowest BCUT2D eigenvalue weighted by Gasteiger charge is -2.22. The van der Waals surface area contributed by atoms with Crippen LogP contribution in [0.15, 0.2) is 77.7 Å². The summed E-state index contributed by atoms with van der Waals surface area (Å²) >= 11 is 5.92. The molecule has 0 aliphatic rings. The van der Waals surface area contributed by atoms with Crippen molar-refractivity contribution >= 4 is 27.5 Å². The number of hydrogen-bond acceptors (Lipinski definition) is 4. The average Bonchev–Trinajstić information content (AvgIpc) is 2.81. The lowest BCUT2D eigenvalue weighted by Crippen LogP contribution is -2.40. The molecule has 3 aromatic carbocycles. The molecule has 1 N–H and O–H groups in total. The molecule has 0 spiro atoms. The Labute approximate surface area is 200 Å². The molecular weight excluding hydrogens is 460 g/mol. The Balaban J connectivity index is 1.70. The van der Waals surface area contributed by atoms with Crippen molar-refractivity contribution in [2.75, 3.05) is 20.2 Å². The number of sulfonamides is 1. The summed E-state index contributed by atoms with van der Waals surface area (Å²) in [4.78, 5) is 12.8. The molecule has 3 rings (SSSR count). The summed E-state index contributed by atoms with van der Waals surface area (Å²) in [6.45, 7) is 2.14. The first-order valence-corrected chi connectivity index (χ1v) is 12.3. The van der Waals surface area contributed by atoms with Gasteiger partial charge in [-0.15, -0.1) is 0 Å². The number of halogens is 1. The van der Waals surface area contributed by atoms with E-state index in [0.717, 1.165) is 22.4 Å². The van der Waals surface area contributed by atoms with Gasteiger partial charge in [-0.1, -0.05) is 53.6 Å². The number of rotatable bonds is 10. The Kier molecular flexibility index (Phi) is 8.49. The maximum absolute atomic E-state index is 13.3. The highest BCUT2D eigenvalue weighted by atomic mass is 35.5. The van der Waals surface area contributed by atoms with E-state index in [9.17, 15) is 13.2 Å². The zero-order chi connectivity index (χ0) is 23.8. The summed E-state index contributed by atoms with van der Waals surface area (Å²) in [7, 11) is -2.30. The van der Waals surface area contributed by atoms with Crippen molar-refractivity contribution in [3.63, 3.8) is 0 Å². The molecule has 0 radical (unpaired) electrons. The standard InChI is InChI=1S/C25H27ClN2O4S/c1-19-3-5-21(6-4-19)17-28(33(30,31)24-13-9-22(26)10-14-24)18-25(29)27-16-15-20-7-11-23(32-2)12-8-20/h3-14H,15-18H2,1-2H3,(H,27,29). The van der Waals surface area contributed by atoms with Crippen molar-refractivity contribution in [2.45, 2.75) is 24.8 Å². The van der Waals surface area contributed by atoms with Crippen LogP contribution >= 0.6 is 11.6 Å². The smallest absolute Gasteiger partial charge is 0.243 e. The van der Waals surface area contributed by atoms with Gasteiger partial charge >= 0.3 is 0 Å². The number of ether oxygens (including phenoxy) is 1. The minimum Gasteiger partial charge on any atom is -0.497 e. The van der Waals surface area contributed by atoms with Crippen molar-refractivity contribution in [1.82, 2.24) is 9.62 Å². The molecule has 6 nitrogen and oxygen atoms in total. The van der Waals surface area contributed by atoms with Gasteiger partial charge in [-0.2, -0.15) is 4.31 Å². The third-order valence-corrected chi connectivity index (χ3v) is 7.20. The first-order chi connectivity index (χ1) is 15.8. The molecule has 0 aliphatic carbocycles. The van der Waals surface area contributed by atoms with Crippen LogP contribution in [0.1, 0.15) is 16.7 Å². The summed E-state index contributed by atoms with van der Waals surface area (Å²) < 4.78 is 32.9. The molecule has 0 aromatic heterocycles. The van der Waals surface area contributed by atoms with Gasteiger partial charge in [0.25, 0.3) is 0 Å². The maximum atomic E-state index is 13.3. The number of nitrogens with zero attached hydrogens (tertiary/aromatic N) is 1. The molecular formula is C25H27ClN2O4S. The van der Waals surface area contributed by atoms with Crippen molar-refractivity contribution in [1.29, 1.82) is 0 Å². The predicted molar refractivity (Wildman–Crippen MR) is 130 cm³/mol. The number of carbonyl (C=O) groups is 1. The van der Waals surface area contributed by atoms with Crippen LogP contribution in [-0.4, -0.2) is 38.8 Å². The SMILES string of the molecule is COc1ccc(CCNC(=O)CN(Cc2ccc(C)cc2)S(=O)(=O)c2ccc(Cl)cc2)cc1. The molecule has 0 bridgehead atoms. The topological polar surface area (TPSA) is 75.7 Å². The van der Waals surface area contributed by atoms with Gasteiger partial charge < -0.3 is 10.1 Å². The van der Waals surface area contributed by atoms with Crippen LogP contribution in [-0.2, 0) is 27.8 Å². The fourth-order valence-electron chi connectivity index (χ4n) is 3.23. The molecule has 3 aromatic rings. The van der Waals surface area contributed by atoms with Gasteiger partial charge in [0.05, 0.1) is 18.6 Å². The maximum Gasteiger partial charge on any atom is 0.243 e. The summed E-state index contributed by atoms with van der Waals surface area (Å²) in [5.74, 6) is 0.398. The Morgan fingerprint density at radius 1 is 0.939 bits per heavy atom. The van der Waals surface area contributed by atoms with Crippen molar-refractivity contribution in [3.05, 3.63) is 94.5 Å². The summed E-state index contributed by atoms with van der Waals surface area (Å²) in [5, 5.41) is 3.26. The molecule has 0 saturated carbocycles. The Hall–Kier alpha value is -2.87. The molecule has 0 heterocycles. The van der Waals surface area contributed by atoms with Crippen molar-refractivity contribution in [3.8, 4) is 5.75 Å². The fourth-order valence-corrected chi connectivity index (χ4v) is 4.74. The second-order valence-corrected chi connectivity index (χ2v) is 10.0. The number of nitrogens with one attached hydrogen (secondary N) is 1. The zero-order valence-electron chi connectivity index (χ0n) is 18.6. The van der Waals surface area contributed by atoms with Crippen LogP contribution in [0.4, 0.5) is 0 Å². The lowest BCUT2D eigenvalue weighted by atomic mass is 10.1.